The van der Waals surface area contributed by atoms with Crippen molar-refractivity contribution in [1.82, 2.24) is 0 Å². The minimum atomic E-state index is 0.650. The average molecular weight is 136 g/mol. The second-order valence-corrected chi connectivity index (χ2v) is 2.06. The van der Waals surface area contributed by atoms with Crippen molar-refractivity contribution < 1.29 is 5.41 Å². The minimum absolute atomic E-state index is 0.650. The molecule has 10 heavy (non-hydrogen) atoms. The van der Waals surface area contributed by atoms with Crippen LogP contribution in [0, 0.1) is 0 Å². The van der Waals surface area contributed by atoms with Crippen LogP contribution in [0.15, 0.2) is 18.2 Å². The lowest BCUT2D eigenvalue weighted by molar-refractivity contribution is -0.104. The number of anilines is 2. The van der Waals surface area contributed by atoms with Gasteiger partial charge in [-0.3, -0.25) is 5.41 Å². The molecular formula is C7H10N3+. The predicted octanol–water partition coefficient (Wildman–Crippen LogP) is -0.971. The molecule has 1 rings (SSSR count). The van der Waals surface area contributed by atoms with Crippen LogP contribution in [0.25, 0.3) is 0 Å². The highest BCUT2D eigenvalue weighted by atomic mass is 14.6. The second-order valence-electron chi connectivity index (χ2n) is 2.06. The van der Waals surface area contributed by atoms with Crippen molar-refractivity contribution >= 4 is 17.6 Å². The molecule has 0 spiro atoms. The molecule has 6 N–H and O–H groups in total. The maximum atomic E-state index is 5.53. The molecule has 0 saturated heterocycles. The molecule has 1 aromatic carbocycles. The van der Waals surface area contributed by atoms with Crippen LogP contribution in [0.2, 0.25) is 0 Å². The predicted molar refractivity (Wildman–Crippen MR) is 42.4 cm³/mol. The molecule has 3 heteroatoms. The van der Waals surface area contributed by atoms with Gasteiger partial charge in [0.05, 0.1) is 5.56 Å². The van der Waals surface area contributed by atoms with Crippen LogP contribution in [-0.2, 0) is 0 Å². The molecule has 1 aromatic rings. The maximum absolute atomic E-state index is 5.53. The first-order valence-corrected chi connectivity index (χ1v) is 2.94. The molecule has 0 fully saturated rings. The Labute approximate surface area is 59.2 Å². The van der Waals surface area contributed by atoms with Crippen LogP contribution in [0.1, 0.15) is 5.56 Å². The maximum Gasteiger partial charge on any atom is 0.169 e. The number of nitrogen functional groups attached to an aromatic ring is 2. The van der Waals surface area contributed by atoms with E-state index in [2.05, 4.69) is 0 Å². The molecule has 3 nitrogen and oxygen atoms in total. The van der Waals surface area contributed by atoms with E-state index < -0.39 is 0 Å². The lowest BCUT2D eigenvalue weighted by Crippen LogP contribution is -2.30. The molecule has 0 amide bonds. The van der Waals surface area contributed by atoms with Crippen LogP contribution in [0.4, 0.5) is 11.4 Å². The third kappa shape index (κ3) is 1.07. The molecule has 0 radical (unpaired) electrons. The van der Waals surface area contributed by atoms with E-state index in [9.17, 15) is 0 Å². The average Bonchev–Trinajstić information content (AvgIpc) is 1.94. The van der Waals surface area contributed by atoms with Gasteiger partial charge in [0.25, 0.3) is 0 Å². The van der Waals surface area contributed by atoms with Gasteiger partial charge in [-0.05, 0) is 18.2 Å². The fourth-order valence-electron chi connectivity index (χ4n) is 0.738. The first-order chi connectivity index (χ1) is 4.74. The smallest absolute Gasteiger partial charge is 0.169 e. The number of benzene rings is 1. The Bertz CT molecular complexity index is 255. The summed E-state index contributed by atoms with van der Waals surface area (Å²) in [5.41, 5.74) is 13.1. The second kappa shape index (κ2) is 2.39. The summed E-state index contributed by atoms with van der Waals surface area (Å²) in [5.74, 6) is 0. The highest BCUT2D eigenvalue weighted by Gasteiger charge is 1.96. The molecule has 0 aliphatic carbocycles. The largest absolute Gasteiger partial charge is 0.399 e. The normalized spacial score (nSPS) is 9.20. The zero-order valence-corrected chi connectivity index (χ0v) is 5.54. The molecule has 0 bridgehead atoms. The Balaban J connectivity index is 3.21. The van der Waals surface area contributed by atoms with Gasteiger partial charge in [0.2, 0.25) is 0 Å². The van der Waals surface area contributed by atoms with E-state index >= 15 is 0 Å². The number of nitrogens with two attached hydrogens (primary N) is 3. The molecule has 52 valence electrons. The summed E-state index contributed by atoms with van der Waals surface area (Å²) >= 11 is 0. The number of rotatable bonds is 1. The Morgan fingerprint density at radius 2 is 2.00 bits per heavy atom. The summed E-state index contributed by atoms with van der Waals surface area (Å²) in [6.07, 6.45) is 1.44. The molecule has 0 aliphatic heterocycles. The Hall–Kier alpha value is -1.51. The minimum Gasteiger partial charge on any atom is -0.399 e. The summed E-state index contributed by atoms with van der Waals surface area (Å²) in [6.45, 7) is 0. The van der Waals surface area contributed by atoms with Crippen LogP contribution >= 0.6 is 0 Å². The molecule has 0 unspecified atom stereocenters. The van der Waals surface area contributed by atoms with E-state index in [1.54, 1.807) is 18.2 Å². The van der Waals surface area contributed by atoms with E-state index in [4.69, 9.17) is 16.9 Å². The van der Waals surface area contributed by atoms with Crippen LogP contribution in [-0.4, -0.2) is 6.21 Å². The van der Waals surface area contributed by atoms with Crippen LogP contribution in [0.5, 0.6) is 0 Å². The van der Waals surface area contributed by atoms with Crippen LogP contribution in [0.3, 0.4) is 0 Å². The van der Waals surface area contributed by atoms with E-state index in [0.717, 1.165) is 5.56 Å². The third-order valence-electron chi connectivity index (χ3n) is 1.29. The fourth-order valence-corrected chi connectivity index (χ4v) is 0.738. The summed E-state index contributed by atoms with van der Waals surface area (Å²) in [6, 6.07) is 5.20. The first kappa shape index (κ1) is 6.61. The van der Waals surface area contributed by atoms with E-state index in [0.29, 0.717) is 11.4 Å². The lowest BCUT2D eigenvalue weighted by atomic mass is 10.2. The van der Waals surface area contributed by atoms with Gasteiger partial charge < -0.3 is 11.5 Å². The summed E-state index contributed by atoms with van der Waals surface area (Å²) in [5, 5.41) is 5.26. The Morgan fingerprint density at radius 3 is 2.50 bits per heavy atom. The third-order valence-corrected chi connectivity index (χ3v) is 1.29. The highest BCUT2D eigenvalue weighted by molar-refractivity contribution is 5.84. The fraction of sp³-hybridized carbons (Fsp3) is 0. The van der Waals surface area contributed by atoms with Gasteiger partial charge in [-0.25, -0.2) is 0 Å². The van der Waals surface area contributed by atoms with Crippen molar-refractivity contribution in [3.8, 4) is 0 Å². The van der Waals surface area contributed by atoms with E-state index in [-0.39, 0.29) is 0 Å². The number of hydrogen-bond donors (Lipinski definition) is 3. The van der Waals surface area contributed by atoms with Crippen molar-refractivity contribution in [1.29, 1.82) is 0 Å². The highest BCUT2D eigenvalue weighted by Crippen LogP contribution is 2.11. The zero-order chi connectivity index (χ0) is 7.56. The van der Waals surface area contributed by atoms with Gasteiger partial charge in [0, 0.05) is 11.4 Å². The summed E-state index contributed by atoms with van der Waals surface area (Å²) < 4.78 is 0. The molecule has 0 saturated carbocycles. The van der Waals surface area contributed by atoms with Crippen molar-refractivity contribution in [3.05, 3.63) is 23.8 Å². The van der Waals surface area contributed by atoms with Crippen molar-refractivity contribution in [2.24, 2.45) is 0 Å². The zero-order valence-electron chi connectivity index (χ0n) is 5.54. The van der Waals surface area contributed by atoms with Crippen molar-refractivity contribution in [2.45, 2.75) is 0 Å². The van der Waals surface area contributed by atoms with Crippen molar-refractivity contribution in [3.63, 3.8) is 0 Å². The van der Waals surface area contributed by atoms with Gasteiger partial charge >= 0.3 is 0 Å². The standard InChI is InChI=1S/C7H9N3/c8-4-5-3-6(9)1-2-7(5)10/h1-4,8H,9-10H2/p+1. The quantitative estimate of drug-likeness (QED) is 0.343. The van der Waals surface area contributed by atoms with Gasteiger partial charge in [-0.2, -0.15) is 0 Å². The lowest BCUT2D eigenvalue weighted by Gasteiger charge is -1.96. The van der Waals surface area contributed by atoms with Gasteiger partial charge in [0.1, 0.15) is 0 Å². The monoisotopic (exact) mass is 136 g/mol. The molecule has 0 aromatic heterocycles. The van der Waals surface area contributed by atoms with Crippen LogP contribution < -0.4 is 16.9 Å². The molecule has 0 aliphatic rings. The van der Waals surface area contributed by atoms with E-state index in [1.807, 2.05) is 0 Å². The SMILES string of the molecule is Nc1ccc(N)c(C=[NH2+])c1. The van der Waals surface area contributed by atoms with Gasteiger partial charge in [-0.15, -0.1) is 0 Å². The van der Waals surface area contributed by atoms with Gasteiger partial charge in [0.15, 0.2) is 6.21 Å². The summed E-state index contributed by atoms with van der Waals surface area (Å²) in [7, 11) is 0. The van der Waals surface area contributed by atoms with Gasteiger partial charge in [-0.1, -0.05) is 0 Å². The topological polar surface area (TPSA) is 77.6 Å². The van der Waals surface area contributed by atoms with Crippen molar-refractivity contribution in [2.75, 3.05) is 11.5 Å². The molecular weight excluding hydrogens is 126 g/mol. The number of hydrogen-bond acceptors (Lipinski definition) is 2. The van der Waals surface area contributed by atoms with E-state index in [1.165, 1.54) is 6.21 Å². The Kier molecular flexibility index (Phi) is 1.58. The Morgan fingerprint density at radius 1 is 1.30 bits per heavy atom. The molecule has 0 atom stereocenters. The molecule has 0 heterocycles. The summed E-state index contributed by atoms with van der Waals surface area (Å²) in [4.78, 5) is 0. The first-order valence-electron chi connectivity index (χ1n) is 2.94.